The second kappa shape index (κ2) is 5.16. The SMILES string of the molecule is NC(C(=O)O)C(=O)NCc1csc2ccccc12. The molecule has 0 aliphatic rings. The van der Waals surface area contributed by atoms with Crippen LogP contribution < -0.4 is 11.1 Å². The minimum atomic E-state index is -1.52. The average molecular weight is 264 g/mol. The number of carbonyl (C=O) groups excluding carboxylic acids is 1. The summed E-state index contributed by atoms with van der Waals surface area (Å²) >= 11 is 1.58. The zero-order chi connectivity index (χ0) is 13.1. The molecule has 1 unspecified atom stereocenters. The van der Waals surface area contributed by atoms with Gasteiger partial charge in [-0.05, 0) is 22.4 Å². The fourth-order valence-corrected chi connectivity index (χ4v) is 2.54. The fraction of sp³-hybridized carbons (Fsp3) is 0.167. The molecule has 2 rings (SSSR count). The molecule has 0 fully saturated rings. The first-order valence-electron chi connectivity index (χ1n) is 5.31. The average Bonchev–Trinajstić information content (AvgIpc) is 2.78. The Labute approximate surface area is 107 Å². The van der Waals surface area contributed by atoms with Crippen LogP contribution in [0, 0.1) is 0 Å². The van der Waals surface area contributed by atoms with Gasteiger partial charge in [0.1, 0.15) is 0 Å². The van der Waals surface area contributed by atoms with Gasteiger partial charge >= 0.3 is 5.97 Å². The summed E-state index contributed by atoms with van der Waals surface area (Å²) in [4.78, 5) is 21.9. The maximum absolute atomic E-state index is 11.4. The van der Waals surface area contributed by atoms with Crippen molar-refractivity contribution in [2.24, 2.45) is 5.73 Å². The standard InChI is InChI=1S/C12H12N2O3S/c13-10(12(16)17)11(15)14-5-7-6-18-9-4-2-1-3-8(7)9/h1-4,6,10H,5,13H2,(H,14,15)(H,16,17). The number of benzene rings is 1. The molecule has 0 radical (unpaired) electrons. The number of carbonyl (C=O) groups is 2. The Morgan fingerprint density at radius 3 is 2.83 bits per heavy atom. The molecule has 4 N–H and O–H groups in total. The highest BCUT2D eigenvalue weighted by Gasteiger charge is 2.20. The monoisotopic (exact) mass is 264 g/mol. The molecule has 0 aliphatic heterocycles. The van der Waals surface area contributed by atoms with Crippen molar-refractivity contribution in [3.63, 3.8) is 0 Å². The number of nitrogens with two attached hydrogens (primary N) is 1. The van der Waals surface area contributed by atoms with Crippen LogP contribution in [0.3, 0.4) is 0 Å². The molecule has 0 bridgehead atoms. The molecule has 1 aromatic carbocycles. The number of fused-ring (bicyclic) bond motifs is 1. The molecule has 2 aromatic rings. The summed E-state index contributed by atoms with van der Waals surface area (Å²) < 4.78 is 1.13. The van der Waals surface area contributed by atoms with Crippen LogP contribution in [0.5, 0.6) is 0 Å². The lowest BCUT2D eigenvalue weighted by atomic mass is 10.2. The summed E-state index contributed by atoms with van der Waals surface area (Å²) in [5.74, 6) is -2.01. The van der Waals surface area contributed by atoms with Crippen LogP contribution in [0.15, 0.2) is 29.6 Å². The fourth-order valence-electron chi connectivity index (χ4n) is 1.57. The van der Waals surface area contributed by atoms with Crippen LogP contribution in [0.25, 0.3) is 10.1 Å². The molecule has 1 amide bonds. The molecule has 1 aromatic heterocycles. The van der Waals surface area contributed by atoms with Crippen LogP contribution in [-0.2, 0) is 16.1 Å². The predicted octanol–water partition coefficient (Wildman–Crippen LogP) is 0.929. The van der Waals surface area contributed by atoms with Crippen molar-refractivity contribution in [2.75, 3.05) is 0 Å². The smallest absolute Gasteiger partial charge is 0.330 e. The number of thiophene rings is 1. The van der Waals surface area contributed by atoms with Gasteiger partial charge in [-0.15, -0.1) is 11.3 Å². The van der Waals surface area contributed by atoms with E-state index in [1.165, 1.54) is 0 Å². The molecule has 0 aliphatic carbocycles. The number of carboxylic acid groups (broad SMARTS) is 1. The van der Waals surface area contributed by atoms with Crippen LogP contribution in [0.2, 0.25) is 0 Å². The molecule has 94 valence electrons. The van der Waals surface area contributed by atoms with E-state index in [2.05, 4.69) is 5.32 Å². The highest BCUT2D eigenvalue weighted by atomic mass is 32.1. The molecule has 6 heteroatoms. The molecule has 18 heavy (non-hydrogen) atoms. The molecule has 1 heterocycles. The predicted molar refractivity (Wildman–Crippen MR) is 69.3 cm³/mol. The Bertz CT molecular complexity index is 594. The maximum Gasteiger partial charge on any atom is 0.330 e. The summed E-state index contributed by atoms with van der Waals surface area (Å²) in [6, 6.07) is 6.30. The number of carboxylic acids is 1. The second-order valence-electron chi connectivity index (χ2n) is 3.79. The second-order valence-corrected chi connectivity index (χ2v) is 4.70. The molecule has 0 saturated carbocycles. The van der Waals surface area contributed by atoms with Gasteiger partial charge < -0.3 is 16.2 Å². The molecule has 0 saturated heterocycles. The zero-order valence-electron chi connectivity index (χ0n) is 9.42. The van der Waals surface area contributed by atoms with Crippen molar-refractivity contribution >= 4 is 33.3 Å². The number of aliphatic carboxylic acids is 1. The van der Waals surface area contributed by atoms with Crippen molar-refractivity contribution in [1.29, 1.82) is 0 Å². The van der Waals surface area contributed by atoms with Crippen molar-refractivity contribution in [2.45, 2.75) is 12.6 Å². The lowest BCUT2D eigenvalue weighted by molar-refractivity contribution is -0.142. The molecule has 0 spiro atoms. The number of hydrogen-bond donors (Lipinski definition) is 3. The van der Waals surface area contributed by atoms with E-state index >= 15 is 0 Å². The number of nitrogens with one attached hydrogen (secondary N) is 1. The molecule has 1 atom stereocenters. The topological polar surface area (TPSA) is 92.4 Å². The van der Waals surface area contributed by atoms with E-state index in [1.807, 2.05) is 29.6 Å². The minimum Gasteiger partial charge on any atom is -0.480 e. The molecular weight excluding hydrogens is 252 g/mol. The van der Waals surface area contributed by atoms with Crippen molar-refractivity contribution in [3.8, 4) is 0 Å². The van der Waals surface area contributed by atoms with Gasteiger partial charge in [-0.1, -0.05) is 18.2 Å². The number of rotatable bonds is 4. The Morgan fingerprint density at radius 2 is 2.11 bits per heavy atom. The van der Waals surface area contributed by atoms with Gasteiger partial charge in [0.05, 0.1) is 0 Å². The van der Waals surface area contributed by atoms with E-state index < -0.39 is 17.9 Å². The zero-order valence-corrected chi connectivity index (χ0v) is 10.2. The van der Waals surface area contributed by atoms with Gasteiger partial charge in [-0.2, -0.15) is 0 Å². The Balaban J connectivity index is 2.07. The Kier molecular flexibility index (Phi) is 3.59. The van der Waals surface area contributed by atoms with Gasteiger partial charge in [0.2, 0.25) is 5.91 Å². The summed E-state index contributed by atoms with van der Waals surface area (Å²) in [7, 11) is 0. The van der Waals surface area contributed by atoms with Gasteiger partial charge in [0.25, 0.3) is 0 Å². The van der Waals surface area contributed by atoms with Gasteiger partial charge in [0, 0.05) is 11.2 Å². The Hall–Kier alpha value is -1.92. The maximum atomic E-state index is 11.4. The highest BCUT2D eigenvalue weighted by molar-refractivity contribution is 7.17. The van der Waals surface area contributed by atoms with E-state index in [-0.39, 0.29) is 6.54 Å². The number of amides is 1. The largest absolute Gasteiger partial charge is 0.480 e. The van der Waals surface area contributed by atoms with E-state index in [0.29, 0.717) is 0 Å². The van der Waals surface area contributed by atoms with Gasteiger partial charge in [-0.3, -0.25) is 4.79 Å². The van der Waals surface area contributed by atoms with E-state index in [0.717, 1.165) is 15.6 Å². The first-order chi connectivity index (χ1) is 8.59. The van der Waals surface area contributed by atoms with Gasteiger partial charge in [0.15, 0.2) is 6.04 Å². The van der Waals surface area contributed by atoms with E-state index in [1.54, 1.807) is 11.3 Å². The van der Waals surface area contributed by atoms with Crippen molar-refractivity contribution in [1.82, 2.24) is 5.32 Å². The number of hydrogen-bond acceptors (Lipinski definition) is 4. The van der Waals surface area contributed by atoms with Crippen molar-refractivity contribution in [3.05, 3.63) is 35.2 Å². The van der Waals surface area contributed by atoms with E-state index in [4.69, 9.17) is 10.8 Å². The third-order valence-corrected chi connectivity index (χ3v) is 3.58. The summed E-state index contributed by atoms with van der Waals surface area (Å²) in [6.07, 6.45) is 0. The molecule has 5 nitrogen and oxygen atoms in total. The summed E-state index contributed by atoms with van der Waals surface area (Å²) in [5.41, 5.74) is 6.16. The third-order valence-electron chi connectivity index (χ3n) is 2.56. The normalized spacial score (nSPS) is 12.3. The first-order valence-corrected chi connectivity index (χ1v) is 6.19. The van der Waals surface area contributed by atoms with Crippen LogP contribution in [-0.4, -0.2) is 23.0 Å². The third kappa shape index (κ3) is 2.49. The van der Waals surface area contributed by atoms with Crippen LogP contribution in [0.4, 0.5) is 0 Å². The van der Waals surface area contributed by atoms with Crippen LogP contribution in [0.1, 0.15) is 5.56 Å². The van der Waals surface area contributed by atoms with E-state index in [9.17, 15) is 9.59 Å². The summed E-state index contributed by atoms with van der Waals surface area (Å²) in [6.45, 7) is 0.282. The van der Waals surface area contributed by atoms with Crippen molar-refractivity contribution < 1.29 is 14.7 Å². The lowest BCUT2D eigenvalue weighted by Gasteiger charge is -2.07. The quantitative estimate of drug-likeness (QED) is 0.716. The first kappa shape index (κ1) is 12.5. The summed E-state index contributed by atoms with van der Waals surface area (Å²) in [5, 5.41) is 14.1. The van der Waals surface area contributed by atoms with Gasteiger partial charge in [-0.25, -0.2) is 4.79 Å². The minimum absolute atomic E-state index is 0.282. The highest BCUT2D eigenvalue weighted by Crippen LogP contribution is 2.25. The Morgan fingerprint density at radius 1 is 1.39 bits per heavy atom. The van der Waals surface area contributed by atoms with Crippen LogP contribution >= 0.6 is 11.3 Å². The molecular formula is C12H12N2O3S. The lowest BCUT2D eigenvalue weighted by Crippen LogP contribution is -2.45.